The van der Waals surface area contributed by atoms with Crippen molar-refractivity contribution in [2.75, 3.05) is 7.11 Å². The van der Waals surface area contributed by atoms with Crippen LogP contribution in [0.1, 0.15) is 44.1 Å². The summed E-state index contributed by atoms with van der Waals surface area (Å²) in [4.78, 5) is 0. The van der Waals surface area contributed by atoms with Crippen LogP contribution in [0.15, 0.2) is 22.6 Å². The van der Waals surface area contributed by atoms with E-state index in [0.717, 1.165) is 29.6 Å². The van der Waals surface area contributed by atoms with Gasteiger partial charge in [-0.2, -0.15) is 0 Å². The molecule has 2 aromatic rings. The number of furan rings is 1. The van der Waals surface area contributed by atoms with Gasteiger partial charge in [0.05, 0.1) is 11.6 Å². The molecule has 3 nitrogen and oxygen atoms in total. The molecular formula is C16H22FNO2. The lowest BCUT2D eigenvalue weighted by Gasteiger charge is -2.24. The SMILES string of the molecule is COC(C)(C)CCC(N)c1oc2ccc(F)cc2c1C. The number of aryl methyl sites for hydroxylation is 1. The van der Waals surface area contributed by atoms with Gasteiger partial charge >= 0.3 is 0 Å². The van der Waals surface area contributed by atoms with Crippen LogP contribution >= 0.6 is 0 Å². The molecule has 110 valence electrons. The average Bonchev–Trinajstić information content (AvgIpc) is 2.74. The average molecular weight is 279 g/mol. The maximum absolute atomic E-state index is 13.3. The Morgan fingerprint density at radius 2 is 2.10 bits per heavy atom. The molecule has 1 atom stereocenters. The molecule has 0 aliphatic rings. The number of hydrogen-bond donors (Lipinski definition) is 1. The molecular weight excluding hydrogens is 257 g/mol. The second kappa shape index (κ2) is 5.54. The Morgan fingerprint density at radius 1 is 1.40 bits per heavy atom. The molecule has 1 unspecified atom stereocenters. The molecule has 1 heterocycles. The molecule has 4 heteroatoms. The Bertz CT molecular complexity index is 604. The summed E-state index contributed by atoms with van der Waals surface area (Å²) in [6, 6.07) is 4.32. The van der Waals surface area contributed by atoms with Gasteiger partial charge in [-0.05, 0) is 51.8 Å². The van der Waals surface area contributed by atoms with Crippen molar-refractivity contribution < 1.29 is 13.5 Å². The van der Waals surface area contributed by atoms with Crippen LogP contribution in [-0.2, 0) is 4.74 Å². The predicted octanol–water partition coefficient (Wildman–Crippen LogP) is 4.09. The van der Waals surface area contributed by atoms with Gasteiger partial charge in [-0.15, -0.1) is 0 Å². The second-order valence-electron chi connectivity index (χ2n) is 5.84. The zero-order chi connectivity index (χ0) is 14.9. The van der Waals surface area contributed by atoms with E-state index in [1.54, 1.807) is 13.2 Å². The van der Waals surface area contributed by atoms with Crippen LogP contribution in [0.5, 0.6) is 0 Å². The maximum atomic E-state index is 13.3. The Hall–Kier alpha value is -1.39. The van der Waals surface area contributed by atoms with Gasteiger partial charge in [-0.25, -0.2) is 4.39 Å². The highest BCUT2D eigenvalue weighted by molar-refractivity contribution is 5.82. The summed E-state index contributed by atoms with van der Waals surface area (Å²) >= 11 is 0. The van der Waals surface area contributed by atoms with Gasteiger partial charge in [0.1, 0.15) is 17.2 Å². The third-order valence-corrected chi connectivity index (χ3v) is 3.88. The van der Waals surface area contributed by atoms with Gasteiger partial charge in [0.15, 0.2) is 0 Å². The summed E-state index contributed by atoms with van der Waals surface area (Å²) in [6.45, 7) is 5.98. The first-order valence-corrected chi connectivity index (χ1v) is 6.83. The highest BCUT2D eigenvalue weighted by Gasteiger charge is 2.22. The van der Waals surface area contributed by atoms with Crippen LogP contribution < -0.4 is 5.73 Å². The quantitative estimate of drug-likeness (QED) is 0.897. The fourth-order valence-electron chi connectivity index (χ4n) is 2.30. The first kappa shape index (κ1) is 15.0. The lowest BCUT2D eigenvalue weighted by molar-refractivity contribution is 0.0121. The molecule has 1 aromatic heterocycles. The number of rotatable bonds is 5. The van der Waals surface area contributed by atoms with Crippen molar-refractivity contribution in [1.82, 2.24) is 0 Å². The van der Waals surface area contributed by atoms with Crippen molar-refractivity contribution in [2.24, 2.45) is 5.73 Å². The number of methoxy groups -OCH3 is 1. The zero-order valence-electron chi connectivity index (χ0n) is 12.5. The van der Waals surface area contributed by atoms with E-state index in [4.69, 9.17) is 14.9 Å². The number of halogens is 1. The van der Waals surface area contributed by atoms with Crippen LogP contribution in [-0.4, -0.2) is 12.7 Å². The van der Waals surface area contributed by atoms with E-state index in [2.05, 4.69) is 0 Å². The number of fused-ring (bicyclic) bond motifs is 1. The molecule has 20 heavy (non-hydrogen) atoms. The van der Waals surface area contributed by atoms with E-state index in [0.29, 0.717) is 5.58 Å². The molecule has 0 saturated carbocycles. The number of ether oxygens (including phenoxy) is 1. The summed E-state index contributed by atoms with van der Waals surface area (Å²) in [7, 11) is 1.70. The van der Waals surface area contributed by atoms with Crippen LogP contribution in [0, 0.1) is 12.7 Å². The molecule has 0 radical (unpaired) electrons. The smallest absolute Gasteiger partial charge is 0.134 e. The minimum absolute atomic E-state index is 0.205. The van der Waals surface area contributed by atoms with E-state index in [-0.39, 0.29) is 17.5 Å². The number of nitrogens with two attached hydrogens (primary N) is 1. The Labute approximate surface area is 118 Å². The van der Waals surface area contributed by atoms with Crippen molar-refractivity contribution in [2.45, 2.75) is 45.3 Å². The molecule has 0 aliphatic carbocycles. The summed E-state index contributed by atoms with van der Waals surface area (Å²) in [5.41, 5.74) is 7.61. The Kier molecular flexibility index (Phi) is 4.16. The van der Waals surface area contributed by atoms with Gasteiger partial charge in [0.25, 0.3) is 0 Å². The fraction of sp³-hybridized carbons (Fsp3) is 0.500. The third kappa shape index (κ3) is 3.02. The number of benzene rings is 1. The summed E-state index contributed by atoms with van der Waals surface area (Å²) in [5.74, 6) is 0.472. The van der Waals surface area contributed by atoms with Gasteiger partial charge in [0, 0.05) is 18.1 Å². The molecule has 2 N–H and O–H groups in total. The molecule has 2 rings (SSSR count). The van der Waals surface area contributed by atoms with Crippen LogP contribution in [0.2, 0.25) is 0 Å². The second-order valence-corrected chi connectivity index (χ2v) is 5.84. The highest BCUT2D eigenvalue weighted by Crippen LogP contribution is 2.32. The normalized spacial score (nSPS) is 13.9. The minimum atomic E-state index is -0.262. The first-order chi connectivity index (χ1) is 9.34. The molecule has 0 bridgehead atoms. The Morgan fingerprint density at radius 3 is 2.75 bits per heavy atom. The first-order valence-electron chi connectivity index (χ1n) is 6.83. The largest absolute Gasteiger partial charge is 0.459 e. The highest BCUT2D eigenvalue weighted by atomic mass is 19.1. The van der Waals surface area contributed by atoms with Gasteiger partial charge in [-0.1, -0.05) is 0 Å². The molecule has 0 spiro atoms. The summed E-state index contributed by atoms with van der Waals surface area (Å²) in [6.07, 6.45) is 1.58. The Balaban J connectivity index is 2.22. The van der Waals surface area contributed by atoms with Crippen molar-refractivity contribution in [3.63, 3.8) is 0 Å². The molecule has 0 amide bonds. The minimum Gasteiger partial charge on any atom is -0.459 e. The van der Waals surface area contributed by atoms with Gasteiger partial charge < -0.3 is 14.9 Å². The van der Waals surface area contributed by atoms with Crippen LogP contribution in [0.4, 0.5) is 4.39 Å². The number of hydrogen-bond acceptors (Lipinski definition) is 3. The lowest BCUT2D eigenvalue weighted by Crippen LogP contribution is -2.24. The van der Waals surface area contributed by atoms with E-state index < -0.39 is 0 Å². The summed E-state index contributed by atoms with van der Waals surface area (Å²) < 4.78 is 24.5. The monoisotopic (exact) mass is 279 g/mol. The van der Waals surface area contributed by atoms with E-state index >= 15 is 0 Å². The van der Waals surface area contributed by atoms with E-state index in [1.807, 2.05) is 20.8 Å². The van der Waals surface area contributed by atoms with Crippen LogP contribution in [0.25, 0.3) is 11.0 Å². The van der Waals surface area contributed by atoms with Gasteiger partial charge in [0.2, 0.25) is 0 Å². The van der Waals surface area contributed by atoms with Gasteiger partial charge in [-0.3, -0.25) is 0 Å². The van der Waals surface area contributed by atoms with E-state index in [9.17, 15) is 4.39 Å². The van der Waals surface area contributed by atoms with E-state index in [1.165, 1.54) is 12.1 Å². The van der Waals surface area contributed by atoms with Crippen molar-refractivity contribution in [3.05, 3.63) is 35.3 Å². The van der Waals surface area contributed by atoms with Crippen LogP contribution in [0.3, 0.4) is 0 Å². The maximum Gasteiger partial charge on any atom is 0.134 e. The molecule has 1 aromatic carbocycles. The molecule has 0 fully saturated rings. The standard InChI is InChI=1S/C16H22FNO2/c1-10-12-9-11(17)5-6-14(12)20-15(10)13(18)7-8-16(2,3)19-4/h5-6,9,13H,7-8,18H2,1-4H3. The lowest BCUT2D eigenvalue weighted by atomic mass is 9.97. The third-order valence-electron chi connectivity index (χ3n) is 3.88. The fourth-order valence-corrected chi connectivity index (χ4v) is 2.30. The predicted molar refractivity (Wildman–Crippen MR) is 78.2 cm³/mol. The van der Waals surface area contributed by atoms with Crippen molar-refractivity contribution in [3.8, 4) is 0 Å². The van der Waals surface area contributed by atoms with Crippen molar-refractivity contribution in [1.29, 1.82) is 0 Å². The summed E-state index contributed by atoms with van der Waals surface area (Å²) in [5, 5.41) is 0.793. The van der Waals surface area contributed by atoms with Crippen molar-refractivity contribution >= 4 is 11.0 Å². The topological polar surface area (TPSA) is 48.4 Å². The zero-order valence-corrected chi connectivity index (χ0v) is 12.5. The molecule has 0 aliphatic heterocycles. The molecule has 0 saturated heterocycles.